The smallest absolute Gasteiger partial charge is 0.0366 e. The highest BCUT2D eigenvalue weighted by Gasteiger charge is 2.24. The van der Waals surface area contributed by atoms with Gasteiger partial charge in [0.05, 0.1) is 0 Å². The molecule has 2 N–H and O–H groups in total. The molecule has 1 saturated carbocycles. The van der Waals surface area contributed by atoms with Crippen molar-refractivity contribution < 1.29 is 0 Å². The second-order valence-electron chi connectivity index (χ2n) is 18.1. The molecule has 1 atom stereocenters. The Morgan fingerprint density at radius 3 is 1.98 bits per heavy atom. The van der Waals surface area contributed by atoms with Crippen LogP contribution in [0.5, 0.6) is 0 Å². The van der Waals surface area contributed by atoms with Gasteiger partial charge in [0.2, 0.25) is 0 Å². The summed E-state index contributed by atoms with van der Waals surface area (Å²) in [6.45, 7) is 44.6. The summed E-state index contributed by atoms with van der Waals surface area (Å²) >= 11 is 0. The van der Waals surface area contributed by atoms with Crippen molar-refractivity contribution in [2.24, 2.45) is 11.7 Å². The maximum atomic E-state index is 6.14. The van der Waals surface area contributed by atoms with Gasteiger partial charge in [0, 0.05) is 36.0 Å². The molecule has 1 aliphatic heterocycles. The first-order valence-corrected chi connectivity index (χ1v) is 23.5. The van der Waals surface area contributed by atoms with Gasteiger partial charge in [-0.05, 0) is 164 Å². The van der Waals surface area contributed by atoms with Crippen molar-refractivity contribution in [1.82, 2.24) is 0 Å². The number of unbranched alkanes of at least 4 members (excludes halogenated alkanes) is 2. The van der Waals surface area contributed by atoms with Crippen LogP contribution in [0.25, 0.3) is 0 Å². The topological polar surface area (TPSA) is 29.3 Å². The standard InChI is InChI=1S/C22H33N.C18H23N.C15H22.C4H10/c1-9-19(18(8)22(23)17(6)7)13-12-14-20(10-2)21(11-3)15-16(4)5;1-13-4-9-18(15(3)10-13)16-5-7-17(8-6-16)19-11-14(2)12-19;1-5-6-7-12(2)11-15-9-8-13(3)10-14(15)4;1-3-4-2/h2,9,15H,1,11-14,23H2,3-8H3;5-8,14,18H,1,3-4,9-12H2,2H3;8-10H,2,5-7,11H2,1,3-4H3;3-4H2,1-2H3/b19-18+,21-20+;;;. The Morgan fingerprint density at radius 2 is 1.51 bits per heavy atom. The fraction of sp³-hybridized carbons (Fsp3) is 0.492. The van der Waals surface area contributed by atoms with Crippen molar-refractivity contribution in [3.63, 3.8) is 0 Å². The highest BCUT2D eigenvalue weighted by molar-refractivity contribution is 5.51. The van der Waals surface area contributed by atoms with Crippen LogP contribution in [0.3, 0.4) is 0 Å². The maximum Gasteiger partial charge on any atom is 0.0366 e. The maximum absolute atomic E-state index is 6.14. The molecule has 0 aromatic heterocycles. The first-order valence-electron chi connectivity index (χ1n) is 23.5. The van der Waals surface area contributed by atoms with Gasteiger partial charge in [-0.15, -0.1) is 6.42 Å². The van der Waals surface area contributed by atoms with Crippen LogP contribution in [-0.2, 0) is 6.42 Å². The van der Waals surface area contributed by atoms with Gasteiger partial charge in [0.15, 0.2) is 0 Å². The fourth-order valence-electron chi connectivity index (χ4n) is 7.67. The summed E-state index contributed by atoms with van der Waals surface area (Å²) in [5.41, 5.74) is 25.2. The number of benzene rings is 2. The molecule has 1 unspecified atom stereocenters. The fourth-order valence-corrected chi connectivity index (χ4v) is 7.67. The quantitative estimate of drug-likeness (QED) is 0.104. The number of nitrogens with zero attached hydrogens (tertiary/aromatic N) is 1. The van der Waals surface area contributed by atoms with E-state index < -0.39 is 0 Å². The lowest BCUT2D eigenvalue weighted by Gasteiger charge is -2.39. The molecule has 334 valence electrons. The highest BCUT2D eigenvalue weighted by Crippen LogP contribution is 2.39. The minimum absolute atomic E-state index is 0.537. The van der Waals surface area contributed by atoms with E-state index in [2.05, 4.69) is 155 Å². The zero-order valence-electron chi connectivity index (χ0n) is 41.4. The average molecular weight is 825 g/mol. The first-order chi connectivity index (χ1) is 29.0. The Labute approximate surface area is 377 Å². The number of nitrogens with two attached hydrogens (primary N) is 1. The van der Waals surface area contributed by atoms with E-state index in [1.165, 1.54) is 113 Å². The Hall–Kier alpha value is -4.48. The minimum atomic E-state index is 0.537. The molecule has 2 aromatic rings. The molecule has 2 heteroatoms. The Bertz CT molecular complexity index is 1860. The number of anilines is 1. The predicted molar refractivity (Wildman–Crippen MR) is 276 cm³/mol. The summed E-state index contributed by atoms with van der Waals surface area (Å²) in [6.07, 6.45) is 24.4. The predicted octanol–water partition coefficient (Wildman–Crippen LogP) is 17.1. The van der Waals surface area contributed by atoms with Crippen LogP contribution in [0.2, 0.25) is 0 Å². The molecule has 2 nitrogen and oxygen atoms in total. The van der Waals surface area contributed by atoms with Gasteiger partial charge >= 0.3 is 0 Å². The molecule has 2 fully saturated rings. The molecule has 0 amide bonds. The summed E-state index contributed by atoms with van der Waals surface area (Å²) in [5.74, 6) is 4.27. The van der Waals surface area contributed by atoms with Crippen LogP contribution in [0.15, 0.2) is 137 Å². The van der Waals surface area contributed by atoms with E-state index in [1.807, 2.05) is 19.9 Å². The van der Waals surface area contributed by atoms with E-state index in [4.69, 9.17) is 12.2 Å². The third-order valence-electron chi connectivity index (χ3n) is 11.8. The summed E-state index contributed by atoms with van der Waals surface area (Å²) in [7, 11) is 0. The lowest BCUT2D eigenvalue weighted by molar-refractivity contribution is 0.447. The van der Waals surface area contributed by atoms with Gasteiger partial charge in [0.25, 0.3) is 0 Å². The van der Waals surface area contributed by atoms with Crippen LogP contribution in [-0.4, -0.2) is 13.1 Å². The zero-order chi connectivity index (χ0) is 46.1. The number of hydrogen-bond donors (Lipinski definition) is 1. The van der Waals surface area contributed by atoms with E-state index in [9.17, 15) is 0 Å². The number of rotatable bonds is 16. The summed E-state index contributed by atoms with van der Waals surface area (Å²) in [6, 6.07) is 15.8. The SMILES string of the molecule is C#C/C(CCC/C(C=C)=C(\C)C(N)=C(C)C)=C(\C=C(C)C)CC.C=C(CCCC)Cc1ccc(C)cc1C.C=C1CCC(c2ccc(N3CC(C)C3)cc2)C(=C)C1.CCCC. The molecule has 1 aliphatic carbocycles. The van der Waals surface area contributed by atoms with Crippen molar-refractivity contribution in [3.8, 4) is 12.3 Å². The largest absolute Gasteiger partial charge is 0.399 e. The summed E-state index contributed by atoms with van der Waals surface area (Å²) in [4.78, 5) is 2.45. The van der Waals surface area contributed by atoms with Crippen molar-refractivity contribution in [3.05, 3.63) is 159 Å². The van der Waals surface area contributed by atoms with Crippen LogP contribution >= 0.6 is 0 Å². The molecule has 61 heavy (non-hydrogen) atoms. The molecule has 2 aromatic carbocycles. The molecule has 4 rings (SSSR count). The van der Waals surface area contributed by atoms with Gasteiger partial charge in [-0.2, -0.15) is 0 Å². The number of allylic oxidation sites excluding steroid dienone is 11. The average Bonchev–Trinajstić information content (AvgIpc) is 3.22. The highest BCUT2D eigenvalue weighted by atomic mass is 15.2. The van der Waals surface area contributed by atoms with Gasteiger partial charge in [-0.25, -0.2) is 0 Å². The second kappa shape index (κ2) is 29.7. The van der Waals surface area contributed by atoms with Crippen molar-refractivity contribution in [1.29, 1.82) is 0 Å². The van der Waals surface area contributed by atoms with E-state index in [1.54, 1.807) is 0 Å². The summed E-state index contributed by atoms with van der Waals surface area (Å²) < 4.78 is 0. The summed E-state index contributed by atoms with van der Waals surface area (Å²) in [5, 5.41) is 0. The molecular formula is C59H88N2. The minimum Gasteiger partial charge on any atom is -0.399 e. The Balaban J connectivity index is 0.000000445. The van der Waals surface area contributed by atoms with Gasteiger partial charge in [-0.1, -0.05) is 162 Å². The molecular weight excluding hydrogens is 737 g/mol. The van der Waals surface area contributed by atoms with Crippen LogP contribution in [0, 0.1) is 32.1 Å². The van der Waals surface area contributed by atoms with Crippen LogP contribution in [0.4, 0.5) is 5.69 Å². The zero-order valence-corrected chi connectivity index (χ0v) is 41.4. The first kappa shape index (κ1) is 54.5. The van der Waals surface area contributed by atoms with Gasteiger partial charge in [-0.3, -0.25) is 0 Å². The van der Waals surface area contributed by atoms with E-state index in [0.717, 1.165) is 73.3 Å². The van der Waals surface area contributed by atoms with Gasteiger partial charge < -0.3 is 10.6 Å². The number of aryl methyl sites for hydroxylation is 2. The third kappa shape index (κ3) is 20.3. The number of terminal acetylenes is 1. The van der Waals surface area contributed by atoms with E-state index >= 15 is 0 Å². The lowest BCUT2D eigenvalue weighted by atomic mass is 9.79. The Morgan fingerprint density at radius 1 is 0.869 bits per heavy atom. The van der Waals surface area contributed by atoms with Crippen LogP contribution in [0.1, 0.15) is 174 Å². The molecule has 0 spiro atoms. The normalized spacial score (nSPS) is 15.4. The molecule has 1 saturated heterocycles. The second-order valence-corrected chi connectivity index (χ2v) is 18.1. The Kier molecular flexibility index (Phi) is 26.6. The van der Waals surface area contributed by atoms with Crippen molar-refractivity contribution >= 4 is 5.69 Å². The number of hydrogen-bond acceptors (Lipinski definition) is 2. The molecule has 0 bridgehead atoms. The molecule has 0 radical (unpaired) electrons. The lowest BCUT2D eigenvalue weighted by Crippen LogP contribution is -2.45. The van der Waals surface area contributed by atoms with Gasteiger partial charge in [0.1, 0.15) is 0 Å². The van der Waals surface area contributed by atoms with E-state index in [0.29, 0.717) is 5.92 Å². The molecule has 2 aliphatic rings. The van der Waals surface area contributed by atoms with Crippen LogP contribution < -0.4 is 10.6 Å². The molecule has 1 heterocycles. The third-order valence-corrected chi connectivity index (χ3v) is 11.8. The van der Waals surface area contributed by atoms with E-state index in [-0.39, 0.29) is 0 Å². The van der Waals surface area contributed by atoms with Crippen molar-refractivity contribution in [2.75, 3.05) is 18.0 Å². The monoisotopic (exact) mass is 825 g/mol. The van der Waals surface area contributed by atoms with Crippen molar-refractivity contribution in [2.45, 2.75) is 172 Å².